The van der Waals surface area contributed by atoms with Crippen LogP contribution in [0.3, 0.4) is 0 Å². The van der Waals surface area contributed by atoms with Crippen molar-refractivity contribution in [3.8, 4) is 0 Å². The van der Waals surface area contributed by atoms with Crippen LogP contribution in [0, 0.1) is 0 Å². The largest absolute Gasteiger partial charge is 0.421 e. The fourth-order valence-corrected chi connectivity index (χ4v) is 4.31. The molecule has 2 rings (SSSR count). The molecule has 0 amide bonds. The van der Waals surface area contributed by atoms with Crippen LogP contribution >= 0.6 is 69.6 Å². The van der Waals surface area contributed by atoms with E-state index in [1.807, 2.05) is 0 Å². The topological polar surface area (TPSA) is 0 Å². The molecule has 0 nitrogen and oxygen atoms in total. The van der Waals surface area contributed by atoms with Crippen LogP contribution in [0.25, 0.3) is 0 Å². The summed E-state index contributed by atoms with van der Waals surface area (Å²) in [5.74, 6) is -2.63. The normalized spacial score (nSPS) is 15.5. The van der Waals surface area contributed by atoms with Crippen molar-refractivity contribution in [2.45, 2.75) is 45.7 Å². The standard InChI is InChI=1S/C20H14Cl6F6/c21-13-5-1-3-11(7-13)15(9-17(23,24)19(27,28)29)16(10-18(25,26)20(30,31)32)12-4-2-6-14(22)8-12/h1-8,15-16H,9-10H2. The quantitative estimate of drug-likeness (QED) is 0.226. The first kappa shape index (κ1) is 28.0. The van der Waals surface area contributed by atoms with E-state index in [1.54, 1.807) is 0 Å². The molecule has 0 fully saturated rings. The van der Waals surface area contributed by atoms with Crippen LogP contribution in [-0.2, 0) is 0 Å². The lowest BCUT2D eigenvalue weighted by atomic mass is 9.76. The Morgan fingerprint density at radius 2 is 0.906 bits per heavy atom. The van der Waals surface area contributed by atoms with Gasteiger partial charge in [-0.25, -0.2) is 0 Å². The molecule has 0 aliphatic rings. The summed E-state index contributed by atoms with van der Waals surface area (Å²) in [5, 5.41) is 0.302. The van der Waals surface area contributed by atoms with Gasteiger partial charge in [-0.3, -0.25) is 0 Å². The summed E-state index contributed by atoms with van der Waals surface area (Å²) in [6.45, 7) is 0. The molecule has 0 radical (unpaired) electrons. The summed E-state index contributed by atoms with van der Waals surface area (Å²) in [6, 6.07) is 11.3. The minimum atomic E-state index is -5.07. The summed E-state index contributed by atoms with van der Waals surface area (Å²) in [7, 11) is 0. The smallest absolute Gasteiger partial charge is 0.168 e. The predicted molar refractivity (Wildman–Crippen MR) is 119 cm³/mol. The van der Waals surface area contributed by atoms with E-state index in [0.29, 0.717) is 0 Å². The minimum Gasteiger partial charge on any atom is -0.168 e. The highest BCUT2D eigenvalue weighted by Gasteiger charge is 2.57. The van der Waals surface area contributed by atoms with E-state index in [-0.39, 0.29) is 21.2 Å². The molecule has 2 unspecified atom stereocenters. The fourth-order valence-electron chi connectivity index (χ4n) is 3.24. The molecule has 178 valence electrons. The molecule has 0 saturated heterocycles. The SMILES string of the molecule is FC(F)(F)C(Cl)(Cl)CC(c1cccc(Cl)c1)C(CC(Cl)(Cl)C(F)(F)F)c1cccc(Cl)c1. The maximum absolute atomic E-state index is 13.5. The van der Waals surface area contributed by atoms with Crippen LogP contribution in [-0.4, -0.2) is 21.0 Å². The Bertz CT molecular complexity index is 850. The molecule has 0 aliphatic heterocycles. The average molecular weight is 581 g/mol. The molecule has 0 N–H and O–H groups in total. The zero-order valence-corrected chi connectivity index (χ0v) is 20.3. The molecule has 0 aromatic heterocycles. The van der Waals surface area contributed by atoms with E-state index >= 15 is 0 Å². The first-order valence-electron chi connectivity index (χ1n) is 8.84. The molecular formula is C20H14Cl6F6. The molecule has 0 saturated carbocycles. The Hall–Kier alpha value is -0.240. The lowest BCUT2D eigenvalue weighted by Gasteiger charge is -2.36. The van der Waals surface area contributed by atoms with Crippen LogP contribution in [0.4, 0.5) is 26.3 Å². The number of hydrogen-bond donors (Lipinski definition) is 0. The van der Waals surface area contributed by atoms with E-state index in [9.17, 15) is 26.3 Å². The summed E-state index contributed by atoms with van der Waals surface area (Å²) in [5.41, 5.74) is 0.340. The third-order valence-corrected chi connectivity index (χ3v) is 6.77. The van der Waals surface area contributed by atoms with Gasteiger partial charge in [-0.1, -0.05) is 93.9 Å². The Balaban J connectivity index is 2.70. The van der Waals surface area contributed by atoms with Crippen LogP contribution in [0.2, 0.25) is 10.0 Å². The van der Waals surface area contributed by atoms with Crippen LogP contribution < -0.4 is 0 Å². The summed E-state index contributed by atoms with van der Waals surface area (Å²) in [6.07, 6.45) is -12.2. The predicted octanol–water partition coefficient (Wildman–Crippen LogP) is 10.1. The lowest BCUT2D eigenvalue weighted by Crippen LogP contribution is -2.39. The van der Waals surface area contributed by atoms with Crippen LogP contribution in [0.1, 0.15) is 35.8 Å². The summed E-state index contributed by atoms with van der Waals surface area (Å²) in [4.78, 5) is 0. The fraction of sp³-hybridized carbons (Fsp3) is 0.400. The van der Waals surface area contributed by atoms with Crippen molar-refractivity contribution in [1.29, 1.82) is 0 Å². The first-order chi connectivity index (χ1) is 14.4. The van der Waals surface area contributed by atoms with E-state index in [1.165, 1.54) is 48.5 Å². The van der Waals surface area contributed by atoms with Gasteiger partial charge in [-0.15, -0.1) is 0 Å². The second kappa shape index (κ2) is 10.2. The monoisotopic (exact) mass is 578 g/mol. The van der Waals surface area contributed by atoms with Crippen LogP contribution in [0.5, 0.6) is 0 Å². The van der Waals surface area contributed by atoms with Crippen LogP contribution in [0.15, 0.2) is 48.5 Å². The van der Waals surface area contributed by atoms with Gasteiger partial charge in [-0.05, 0) is 60.1 Å². The van der Waals surface area contributed by atoms with Gasteiger partial charge in [0.25, 0.3) is 0 Å². The van der Waals surface area contributed by atoms with Crippen molar-refractivity contribution in [2.75, 3.05) is 0 Å². The molecule has 2 aromatic rings. The first-order valence-corrected chi connectivity index (χ1v) is 11.1. The van der Waals surface area contributed by atoms with E-state index in [4.69, 9.17) is 69.6 Å². The van der Waals surface area contributed by atoms with Crippen molar-refractivity contribution >= 4 is 69.6 Å². The molecule has 0 aliphatic carbocycles. The zero-order valence-electron chi connectivity index (χ0n) is 15.7. The number of rotatable bonds is 7. The third kappa shape index (κ3) is 6.89. The molecule has 0 bridgehead atoms. The highest BCUT2D eigenvalue weighted by atomic mass is 35.5. The Kier molecular flexibility index (Phi) is 8.90. The van der Waals surface area contributed by atoms with E-state index < -0.39 is 45.7 Å². The zero-order chi connectivity index (χ0) is 24.5. The van der Waals surface area contributed by atoms with Gasteiger partial charge >= 0.3 is 12.4 Å². The van der Waals surface area contributed by atoms with Crippen molar-refractivity contribution < 1.29 is 26.3 Å². The number of halogens is 12. The highest BCUT2D eigenvalue weighted by Crippen LogP contribution is 2.54. The van der Waals surface area contributed by atoms with E-state index in [0.717, 1.165) is 0 Å². The minimum absolute atomic E-state index is 0.151. The van der Waals surface area contributed by atoms with Gasteiger partial charge in [-0.2, -0.15) is 26.3 Å². The summed E-state index contributed by atoms with van der Waals surface area (Å²) >= 11 is 34.4. The van der Waals surface area contributed by atoms with Gasteiger partial charge in [0.2, 0.25) is 8.67 Å². The molecule has 2 atom stereocenters. The molecule has 0 spiro atoms. The highest BCUT2D eigenvalue weighted by molar-refractivity contribution is 6.49. The molecule has 0 heterocycles. The maximum atomic E-state index is 13.5. The van der Waals surface area contributed by atoms with Crippen molar-refractivity contribution in [3.63, 3.8) is 0 Å². The molecule has 32 heavy (non-hydrogen) atoms. The maximum Gasteiger partial charge on any atom is 0.421 e. The van der Waals surface area contributed by atoms with Crippen molar-refractivity contribution in [2.24, 2.45) is 0 Å². The number of alkyl halides is 10. The Labute approximate surface area is 210 Å². The van der Waals surface area contributed by atoms with Crippen molar-refractivity contribution in [1.82, 2.24) is 0 Å². The Morgan fingerprint density at radius 1 is 0.594 bits per heavy atom. The van der Waals surface area contributed by atoms with Gasteiger partial charge in [0, 0.05) is 10.0 Å². The van der Waals surface area contributed by atoms with E-state index in [2.05, 4.69) is 0 Å². The van der Waals surface area contributed by atoms with Gasteiger partial charge in [0.05, 0.1) is 0 Å². The summed E-state index contributed by atoms with van der Waals surface area (Å²) < 4.78 is 74.5. The van der Waals surface area contributed by atoms with Crippen molar-refractivity contribution in [3.05, 3.63) is 69.7 Å². The number of hydrogen-bond acceptors (Lipinski definition) is 0. The molecule has 2 aromatic carbocycles. The number of benzene rings is 2. The van der Waals surface area contributed by atoms with Gasteiger partial charge < -0.3 is 0 Å². The second-order valence-corrected chi connectivity index (χ2v) is 11.0. The average Bonchev–Trinajstić information content (AvgIpc) is 2.62. The lowest BCUT2D eigenvalue weighted by molar-refractivity contribution is -0.148. The molecule has 12 heteroatoms. The van der Waals surface area contributed by atoms with Gasteiger partial charge in [0.15, 0.2) is 0 Å². The second-order valence-electron chi connectivity index (χ2n) is 7.14. The van der Waals surface area contributed by atoms with Gasteiger partial charge in [0.1, 0.15) is 0 Å². The third-order valence-electron chi connectivity index (χ3n) is 4.82. The Morgan fingerprint density at radius 3 is 1.16 bits per heavy atom. The molecular weight excluding hydrogens is 567 g/mol.